The van der Waals surface area contributed by atoms with Gasteiger partial charge in [-0.1, -0.05) is 53.3 Å². The minimum Gasteiger partial charge on any atom is -0.378 e. The number of hydrogen-bond donors (Lipinski definition) is 0. The highest BCUT2D eigenvalue weighted by atomic mass is 32.1. The molecule has 0 aliphatic carbocycles. The zero-order chi connectivity index (χ0) is 17.2. The molecular formula is C20H20N2O2S. The number of aromatic nitrogens is 1. The molecule has 4 rings (SSSR count). The normalized spacial score (nSPS) is 14.8. The predicted molar refractivity (Wildman–Crippen MR) is 103 cm³/mol. The minimum atomic E-state index is 0.752. The van der Waals surface area contributed by atoms with Crippen LogP contribution in [0.2, 0.25) is 0 Å². The van der Waals surface area contributed by atoms with Crippen molar-refractivity contribution in [1.82, 2.24) is 10.1 Å². The average Bonchev–Trinajstić information content (AvgIpc) is 3.06. The van der Waals surface area contributed by atoms with Gasteiger partial charge in [0.05, 0.1) is 18.2 Å². The molecule has 1 aliphatic rings. The Labute approximate surface area is 152 Å². The Morgan fingerprint density at radius 2 is 1.88 bits per heavy atom. The van der Waals surface area contributed by atoms with Gasteiger partial charge >= 0.3 is 0 Å². The lowest BCUT2D eigenvalue weighted by molar-refractivity contribution is 0.0685. The van der Waals surface area contributed by atoms with E-state index in [1.807, 2.05) is 6.07 Å². The van der Waals surface area contributed by atoms with Gasteiger partial charge in [0.25, 0.3) is 0 Å². The predicted octanol–water partition coefficient (Wildman–Crippen LogP) is 4.01. The number of benzene rings is 2. The van der Waals surface area contributed by atoms with Gasteiger partial charge in [0.1, 0.15) is 5.52 Å². The van der Waals surface area contributed by atoms with Gasteiger partial charge < -0.3 is 14.2 Å². The van der Waals surface area contributed by atoms with Crippen molar-refractivity contribution in [2.45, 2.75) is 13.3 Å². The highest BCUT2D eigenvalue weighted by Gasteiger charge is 2.16. The van der Waals surface area contributed by atoms with Crippen LogP contribution in [0.4, 0.5) is 0 Å². The Balaban J connectivity index is 1.61. The molecule has 0 amide bonds. The van der Waals surface area contributed by atoms with Crippen LogP contribution in [-0.2, 0) is 11.2 Å². The molecule has 1 saturated heterocycles. The Morgan fingerprint density at radius 1 is 1.12 bits per heavy atom. The quantitative estimate of drug-likeness (QED) is 0.666. The lowest BCUT2D eigenvalue weighted by atomic mass is 10.0. The topological polar surface area (TPSA) is 38.5 Å². The zero-order valence-corrected chi connectivity index (χ0v) is 15.0. The number of thiocarbonyl (C=S) groups is 1. The van der Waals surface area contributed by atoms with Crippen molar-refractivity contribution < 1.29 is 9.26 Å². The number of ether oxygens (including phenoxy) is 1. The molecule has 5 heteroatoms. The van der Waals surface area contributed by atoms with E-state index in [0.29, 0.717) is 0 Å². The Kier molecular flexibility index (Phi) is 4.51. The summed E-state index contributed by atoms with van der Waals surface area (Å²) in [6.45, 7) is 5.34. The molecule has 2 heterocycles. The second-order valence-electron chi connectivity index (χ2n) is 6.40. The standard InChI is InChI=1S/C20H20N2O2S/c1-14-2-5-16(6-3-14)20-17-12-15(4-7-18(17)21-24-20)13-19(25)22-8-10-23-11-9-22/h2-7,12H,8-11,13H2,1H3. The summed E-state index contributed by atoms with van der Waals surface area (Å²) in [7, 11) is 0. The SMILES string of the molecule is Cc1ccc(-c2onc3ccc(CC(=S)N4CCOCC4)cc23)cc1. The van der Waals surface area contributed by atoms with E-state index in [2.05, 4.69) is 53.4 Å². The summed E-state index contributed by atoms with van der Waals surface area (Å²) < 4.78 is 11.0. The molecule has 0 atom stereocenters. The van der Waals surface area contributed by atoms with Crippen LogP contribution < -0.4 is 0 Å². The van der Waals surface area contributed by atoms with Crippen LogP contribution in [0, 0.1) is 6.92 Å². The number of aryl methyl sites for hydroxylation is 1. The molecule has 0 radical (unpaired) electrons. The fourth-order valence-electron chi connectivity index (χ4n) is 3.11. The maximum Gasteiger partial charge on any atom is 0.174 e. The minimum absolute atomic E-state index is 0.752. The van der Waals surface area contributed by atoms with E-state index in [4.69, 9.17) is 21.5 Å². The first-order valence-electron chi connectivity index (χ1n) is 8.51. The molecule has 1 aromatic heterocycles. The lowest BCUT2D eigenvalue weighted by Gasteiger charge is -2.29. The van der Waals surface area contributed by atoms with Gasteiger partial charge in [-0.25, -0.2) is 0 Å². The second-order valence-corrected chi connectivity index (χ2v) is 6.87. The molecule has 0 spiro atoms. The summed E-state index contributed by atoms with van der Waals surface area (Å²) >= 11 is 5.63. The van der Waals surface area contributed by atoms with Crippen LogP contribution in [-0.4, -0.2) is 41.3 Å². The first-order valence-corrected chi connectivity index (χ1v) is 8.92. The van der Waals surface area contributed by atoms with Crippen molar-refractivity contribution >= 4 is 28.1 Å². The molecular weight excluding hydrogens is 332 g/mol. The van der Waals surface area contributed by atoms with Crippen molar-refractivity contribution in [3.63, 3.8) is 0 Å². The Hall–Kier alpha value is -2.24. The molecule has 0 unspecified atom stereocenters. The molecule has 0 saturated carbocycles. The monoisotopic (exact) mass is 352 g/mol. The van der Waals surface area contributed by atoms with Crippen molar-refractivity contribution in [2.75, 3.05) is 26.3 Å². The number of rotatable bonds is 3. The molecule has 0 bridgehead atoms. The highest BCUT2D eigenvalue weighted by Crippen LogP contribution is 2.29. The third-order valence-corrected chi connectivity index (χ3v) is 4.98. The van der Waals surface area contributed by atoms with Gasteiger partial charge in [-0.05, 0) is 24.6 Å². The molecule has 2 aromatic carbocycles. The number of morpholine rings is 1. The molecule has 0 N–H and O–H groups in total. The van der Waals surface area contributed by atoms with Crippen molar-refractivity contribution in [1.29, 1.82) is 0 Å². The third kappa shape index (κ3) is 3.43. The van der Waals surface area contributed by atoms with Crippen LogP contribution in [0.1, 0.15) is 11.1 Å². The van der Waals surface area contributed by atoms with Gasteiger partial charge in [-0.3, -0.25) is 0 Å². The molecule has 1 fully saturated rings. The molecule has 128 valence electrons. The molecule has 25 heavy (non-hydrogen) atoms. The van der Waals surface area contributed by atoms with E-state index < -0.39 is 0 Å². The van der Waals surface area contributed by atoms with E-state index in [0.717, 1.165) is 59.9 Å². The zero-order valence-electron chi connectivity index (χ0n) is 14.2. The van der Waals surface area contributed by atoms with Crippen LogP contribution in [0.15, 0.2) is 47.0 Å². The number of hydrogen-bond acceptors (Lipinski definition) is 4. The van der Waals surface area contributed by atoms with Crippen LogP contribution in [0.3, 0.4) is 0 Å². The van der Waals surface area contributed by atoms with E-state index in [9.17, 15) is 0 Å². The van der Waals surface area contributed by atoms with Gasteiger partial charge in [0, 0.05) is 30.5 Å². The maximum atomic E-state index is 5.63. The summed E-state index contributed by atoms with van der Waals surface area (Å²) in [6.07, 6.45) is 0.754. The van der Waals surface area contributed by atoms with Crippen LogP contribution in [0.25, 0.3) is 22.2 Å². The molecule has 1 aliphatic heterocycles. The van der Waals surface area contributed by atoms with Crippen molar-refractivity contribution in [3.05, 3.63) is 53.6 Å². The van der Waals surface area contributed by atoms with Gasteiger partial charge in [0.2, 0.25) is 0 Å². The first-order chi connectivity index (χ1) is 12.2. The molecule has 4 nitrogen and oxygen atoms in total. The van der Waals surface area contributed by atoms with E-state index >= 15 is 0 Å². The van der Waals surface area contributed by atoms with Gasteiger partial charge in [-0.2, -0.15) is 0 Å². The third-order valence-electron chi connectivity index (χ3n) is 4.57. The summed E-state index contributed by atoms with van der Waals surface area (Å²) in [6, 6.07) is 14.5. The van der Waals surface area contributed by atoms with Crippen LogP contribution in [0.5, 0.6) is 0 Å². The summed E-state index contributed by atoms with van der Waals surface area (Å²) in [4.78, 5) is 3.20. The average molecular weight is 352 g/mol. The maximum absolute atomic E-state index is 5.63. The summed E-state index contributed by atoms with van der Waals surface area (Å²) in [5.41, 5.74) is 4.32. The fraction of sp³-hybridized carbons (Fsp3) is 0.300. The summed E-state index contributed by atoms with van der Waals surface area (Å²) in [5, 5.41) is 5.23. The Morgan fingerprint density at radius 3 is 2.64 bits per heavy atom. The largest absolute Gasteiger partial charge is 0.378 e. The highest BCUT2D eigenvalue weighted by molar-refractivity contribution is 7.80. The lowest BCUT2D eigenvalue weighted by Crippen LogP contribution is -2.40. The second kappa shape index (κ2) is 6.94. The van der Waals surface area contributed by atoms with Crippen molar-refractivity contribution in [3.8, 4) is 11.3 Å². The van der Waals surface area contributed by atoms with E-state index in [1.165, 1.54) is 11.1 Å². The fourth-order valence-corrected chi connectivity index (χ4v) is 3.46. The van der Waals surface area contributed by atoms with Crippen molar-refractivity contribution in [2.24, 2.45) is 0 Å². The Bertz CT molecular complexity index is 896. The summed E-state index contributed by atoms with van der Waals surface area (Å²) in [5.74, 6) is 0.814. The van der Waals surface area contributed by atoms with Gasteiger partial charge in [0.15, 0.2) is 5.76 Å². The number of nitrogens with zero attached hydrogens (tertiary/aromatic N) is 2. The van der Waals surface area contributed by atoms with Crippen LogP contribution >= 0.6 is 12.2 Å². The smallest absolute Gasteiger partial charge is 0.174 e. The van der Waals surface area contributed by atoms with Gasteiger partial charge in [-0.15, -0.1) is 0 Å². The first kappa shape index (κ1) is 16.2. The number of fused-ring (bicyclic) bond motifs is 1. The molecule has 3 aromatic rings. The van der Waals surface area contributed by atoms with E-state index in [1.54, 1.807) is 0 Å². The van der Waals surface area contributed by atoms with E-state index in [-0.39, 0.29) is 0 Å².